The summed E-state index contributed by atoms with van der Waals surface area (Å²) in [5, 5.41) is 0. The molecule has 0 N–H and O–H groups in total. The summed E-state index contributed by atoms with van der Waals surface area (Å²) in [6, 6.07) is 3.88. The summed E-state index contributed by atoms with van der Waals surface area (Å²) in [7, 11) is 0. The zero-order chi connectivity index (χ0) is 8.55. The van der Waals surface area contributed by atoms with Crippen LogP contribution in [0.2, 0.25) is 0 Å². The van der Waals surface area contributed by atoms with Crippen LogP contribution in [-0.4, -0.2) is 10.8 Å². The Labute approximate surface area is 71.6 Å². The highest BCUT2D eigenvalue weighted by atomic mass is 16.1. The minimum Gasteiger partial charge on any atom is -0.292 e. The van der Waals surface area contributed by atoms with Crippen molar-refractivity contribution in [2.75, 3.05) is 0 Å². The molecule has 12 heavy (non-hydrogen) atoms. The number of aromatic nitrogens is 1. The van der Waals surface area contributed by atoms with Gasteiger partial charge in [-0.25, -0.2) is 0 Å². The van der Waals surface area contributed by atoms with Crippen LogP contribution in [-0.2, 0) is 6.42 Å². The van der Waals surface area contributed by atoms with Crippen molar-refractivity contribution in [1.29, 1.82) is 0 Å². The molecule has 2 nitrogen and oxygen atoms in total. The van der Waals surface area contributed by atoms with Gasteiger partial charge >= 0.3 is 0 Å². The zero-order valence-corrected chi connectivity index (χ0v) is 7.08. The normalized spacial score (nSPS) is 22.1. The fourth-order valence-electron chi connectivity index (χ4n) is 1.60. The van der Waals surface area contributed by atoms with E-state index in [-0.39, 0.29) is 11.7 Å². The van der Waals surface area contributed by atoms with Gasteiger partial charge in [0.15, 0.2) is 5.78 Å². The molecule has 0 spiro atoms. The fraction of sp³-hybridized carbons (Fsp3) is 0.400. The molecule has 0 saturated carbocycles. The summed E-state index contributed by atoms with van der Waals surface area (Å²) in [4.78, 5) is 15.7. The van der Waals surface area contributed by atoms with E-state index in [1.54, 1.807) is 6.20 Å². The molecule has 1 aromatic heterocycles. The maximum absolute atomic E-state index is 11.6. The number of nitrogens with zero attached hydrogens (tertiary/aromatic N) is 1. The molecule has 0 saturated heterocycles. The van der Waals surface area contributed by atoms with E-state index in [9.17, 15) is 4.79 Å². The molecule has 0 radical (unpaired) electrons. The Morgan fingerprint density at radius 3 is 3.25 bits per heavy atom. The summed E-state index contributed by atoms with van der Waals surface area (Å²) in [6.45, 7) is 1.97. The minimum atomic E-state index is 0.160. The summed E-state index contributed by atoms with van der Waals surface area (Å²) in [6.07, 6.45) is 3.66. The van der Waals surface area contributed by atoms with E-state index in [2.05, 4.69) is 4.98 Å². The number of Topliss-reactive ketones (excluding diaryl/α,β-unsaturated/α-hetero) is 1. The van der Waals surface area contributed by atoms with Gasteiger partial charge in [0.05, 0.1) is 0 Å². The number of ketones is 1. The molecule has 1 aromatic rings. The van der Waals surface area contributed by atoms with Crippen molar-refractivity contribution in [3.8, 4) is 0 Å². The molecule has 62 valence electrons. The van der Waals surface area contributed by atoms with E-state index >= 15 is 0 Å². The van der Waals surface area contributed by atoms with Crippen LogP contribution in [0.4, 0.5) is 0 Å². The Balaban J connectivity index is 2.49. The van der Waals surface area contributed by atoms with Gasteiger partial charge in [-0.1, -0.05) is 13.0 Å². The van der Waals surface area contributed by atoms with Gasteiger partial charge in [0.1, 0.15) is 5.69 Å². The lowest BCUT2D eigenvalue weighted by Crippen LogP contribution is -2.21. The van der Waals surface area contributed by atoms with Crippen LogP contribution >= 0.6 is 0 Å². The SMILES string of the molecule is CC1CCc2cccnc2C1=O. The van der Waals surface area contributed by atoms with E-state index in [0.29, 0.717) is 5.69 Å². The number of hydrogen-bond donors (Lipinski definition) is 0. The third-order valence-electron chi connectivity index (χ3n) is 2.42. The van der Waals surface area contributed by atoms with E-state index in [4.69, 9.17) is 0 Å². The predicted molar refractivity (Wildman–Crippen MR) is 46.1 cm³/mol. The number of rotatable bonds is 0. The number of pyridine rings is 1. The van der Waals surface area contributed by atoms with Crippen molar-refractivity contribution < 1.29 is 4.79 Å². The number of carbonyl (C=O) groups is 1. The maximum Gasteiger partial charge on any atom is 0.184 e. The molecule has 2 heteroatoms. The first-order chi connectivity index (χ1) is 5.79. The molecule has 0 aliphatic heterocycles. The van der Waals surface area contributed by atoms with Crippen LogP contribution in [0.15, 0.2) is 18.3 Å². The Bertz CT molecular complexity index is 319. The highest BCUT2D eigenvalue weighted by molar-refractivity contribution is 5.98. The van der Waals surface area contributed by atoms with Gasteiger partial charge in [0, 0.05) is 12.1 Å². The predicted octanol–water partition coefficient (Wildman–Crippen LogP) is 1.85. The lowest BCUT2D eigenvalue weighted by Gasteiger charge is -2.18. The van der Waals surface area contributed by atoms with Crippen LogP contribution in [0, 0.1) is 5.92 Å². The van der Waals surface area contributed by atoms with Gasteiger partial charge in [-0.2, -0.15) is 0 Å². The average molecular weight is 161 g/mol. The molecule has 2 rings (SSSR count). The van der Waals surface area contributed by atoms with Gasteiger partial charge in [0.2, 0.25) is 0 Å². The van der Waals surface area contributed by atoms with Crippen LogP contribution < -0.4 is 0 Å². The zero-order valence-electron chi connectivity index (χ0n) is 7.08. The minimum absolute atomic E-state index is 0.160. The van der Waals surface area contributed by atoms with Gasteiger partial charge in [-0.05, 0) is 24.5 Å². The van der Waals surface area contributed by atoms with Crippen molar-refractivity contribution in [3.63, 3.8) is 0 Å². The first-order valence-corrected chi connectivity index (χ1v) is 4.27. The molecule has 0 aromatic carbocycles. The molecule has 0 amide bonds. The fourth-order valence-corrected chi connectivity index (χ4v) is 1.60. The second kappa shape index (κ2) is 2.70. The van der Waals surface area contributed by atoms with Crippen LogP contribution in [0.1, 0.15) is 29.4 Å². The van der Waals surface area contributed by atoms with Gasteiger partial charge < -0.3 is 0 Å². The van der Waals surface area contributed by atoms with Crippen LogP contribution in [0.25, 0.3) is 0 Å². The van der Waals surface area contributed by atoms with Crippen molar-refractivity contribution in [1.82, 2.24) is 4.98 Å². The van der Waals surface area contributed by atoms with E-state index in [1.165, 1.54) is 0 Å². The molecule has 1 heterocycles. The van der Waals surface area contributed by atoms with Crippen molar-refractivity contribution in [2.45, 2.75) is 19.8 Å². The van der Waals surface area contributed by atoms with Crippen LogP contribution in [0.5, 0.6) is 0 Å². The van der Waals surface area contributed by atoms with E-state index < -0.39 is 0 Å². The molecule has 1 unspecified atom stereocenters. The monoisotopic (exact) mass is 161 g/mol. The Morgan fingerprint density at radius 2 is 2.42 bits per heavy atom. The van der Waals surface area contributed by atoms with Gasteiger partial charge in [-0.15, -0.1) is 0 Å². The molecule has 1 aliphatic rings. The number of fused-ring (bicyclic) bond motifs is 1. The second-order valence-corrected chi connectivity index (χ2v) is 3.32. The lowest BCUT2D eigenvalue weighted by atomic mass is 9.87. The van der Waals surface area contributed by atoms with E-state index in [1.807, 2.05) is 19.1 Å². The topological polar surface area (TPSA) is 30.0 Å². The first kappa shape index (κ1) is 7.47. The Hall–Kier alpha value is -1.18. The Morgan fingerprint density at radius 1 is 1.58 bits per heavy atom. The Kier molecular flexibility index (Phi) is 1.68. The maximum atomic E-state index is 11.6. The molecular formula is C10H11NO. The summed E-state index contributed by atoms with van der Waals surface area (Å²) in [5.41, 5.74) is 1.80. The largest absolute Gasteiger partial charge is 0.292 e. The molecule has 0 bridgehead atoms. The standard InChI is InChI=1S/C10H11NO/c1-7-4-5-8-3-2-6-11-9(8)10(7)12/h2-3,6-7H,4-5H2,1H3. The van der Waals surface area contributed by atoms with E-state index in [0.717, 1.165) is 18.4 Å². The number of aryl methyl sites for hydroxylation is 1. The third kappa shape index (κ3) is 1.04. The molecule has 1 atom stereocenters. The number of carbonyl (C=O) groups excluding carboxylic acids is 1. The molecule has 0 fully saturated rings. The highest BCUT2D eigenvalue weighted by Crippen LogP contribution is 2.22. The van der Waals surface area contributed by atoms with Crippen molar-refractivity contribution in [2.24, 2.45) is 5.92 Å². The van der Waals surface area contributed by atoms with Crippen molar-refractivity contribution in [3.05, 3.63) is 29.6 Å². The number of hydrogen-bond acceptors (Lipinski definition) is 2. The highest BCUT2D eigenvalue weighted by Gasteiger charge is 2.24. The van der Waals surface area contributed by atoms with Gasteiger partial charge in [0.25, 0.3) is 0 Å². The summed E-state index contributed by atoms with van der Waals surface area (Å²) in [5.74, 6) is 0.365. The molecular weight excluding hydrogens is 150 g/mol. The van der Waals surface area contributed by atoms with Crippen LogP contribution in [0.3, 0.4) is 0 Å². The molecule has 1 aliphatic carbocycles. The quantitative estimate of drug-likeness (QED) is 0.581. The second-order valence-electron chi connectivity index (χ2n) is 3.32. The summed E-state index contributed by atoms with van der Waals surface area (Å²) < 4.78 is 0. The van der Waals surface area contributed by atoms with Crippen molar-refractivity contribution >= 4 is 5.78 Å². The summed E-state index contributed by atoms with van der Waals surface area (Å²) >= 11 is 0. The average Bonchev–Trinajstić information content (AvgIpc) is 2.12. The third-order valence-corrected chi connectivity index (χ3v) is 2.42. The lowest BCUT2D eigenvalue weighted by molar-refractivity contribution is 0.0908. The first-order valence-electron chi connectivity index (χ1n) is 4.27. The smallest absolute Gasteiger partial charge is 0.184 e. The van der Waals surface area contributed by atoms with Gasteiger partial charge in [-0.3, -0.25) is 9.78 Å².